The van der Waals surface area contributed by atoms with Gasteiger partial charge in [0.2, 0.25) is 11.8 Å². The zero-order chi connectivity index (χ0) is 22.3. The van der Waals surface area contributed by atoms with E-state index in [1.54, 1.807) is 41.3 Å². The minimum atomic E-state index is -0.762. The lowest BCUT2D eigenvalue weighted by Gasteiger charge is -2.20. The van der Waals surface area contributed by atoms with Crippen LogP contribution >= 0.6 is 0 Å². The molecule has 1 aliphatic heterocycles. The highest BCUT2D eigenvalue weighted by atomic mass is 16.2. The fraction of sp³-hybridized carbons (Fsp3) is 0.192. The van der Waals surface area contributed by atoms with Gasteiger partial charge < -0.3 is 15.5 Å². The molecule has 2 N–H and O–H groups in total. The number of amides is 3. The Hall–Kier alpha value is -3.93. The summed E-state index contributed by atoms with van der Waals surface area (Å²) in [5, 5.41) is 5.77. The molecular weight excluding hydrogens is 402 g/mol. The summed E-state index contributed by atoms with van der Waals surface area (Å²) >= 11 is 0. The maximum absolute atomic E-state index is 13.2. The predicted octanol–water partition coefficient (Wildman–Crippen LogP) is 3.79. The van der Waals surface area contributed by atoms with Crippen LogP contribution in [0.15, 0.2) is 84.9 Å². The van der Waals surface area contributed by atoms with Crippen LogP contribution in [0.5, 0.6) is 0 Å². The van der Waals surface area contributed by atoms with E-state index in [1.807, 2.05) is 48.5 Å². The van der Waals surface area contributed by atoms with Crippen LogP contribution in [-0.2, 0) is 16.0 Å². The fourth-order valence-corrected chi connectivity index (χ4v) is 3.79. The summed E-state index contributed by atoms with van der Waals surface area (Å²) in [7, 11) is 0. The van der Waals surface area contributed by atoms with Crippen molar-refractivity contribution >= 4 is 29.1 Å². The number of anilines is 2. The van der Waals surface area contributed by atoms with Crippen LogP contribution in [0.25, 0.3) is 0 Å². The van der Waals surface area contributed by atoms with Crippen LogP contribution in [-0.4, -0.2) is 30.3 Å². The SMILES string of the molecule is O=C(NC(Cc1ccccc1)C(=O)Nc1cccc(N2CCCC2=O)c1)c1ccccc1. The second-order valence-corrected chi connectivity index (χ2v) is 7.77. The summed E-state index contributed by atoms with van der Waals surface area (Å²) in [5.41, 5.74) is 2.78. The van der Waals surface area contributed by atoms with E-state index in [-0.39, 0.29) is 17.7 Å². The van der Waals surface area contributed by atoms with Crippen molar-refractivity contribution in [1.29, 1.82) is 0 Å². The molecule has 1 heterocycles. The van der Waals surface area contributed by atoms with Crippen molar-refractivity contribution in [3.8, 4) is 0 Å². The van der Waals surface area contributed by atoms with E-state index >= 15 is 0 Å². The lowest BCUT2D eigenvalue weighted by molar-refractivity contribution is -0.118. The van der Waals surface area contributed by atoms with E-state index in [1.165, 1.54) is 0 Å². The van der Waals surface area contributed by atoms with Crippen LogP contribution in [0, 0.1) is 0 Å². The van der Waals surface area contributed by atoms with Crippen molar-refractivity contribution in [3.05, 3.63) is 96.1 Å². The molecule has 4 rings (SSSR count). The minimum Gasteiger partial charge on any atom is -0.340 e. The quantitative estimate of drug-likeness (QED) is 0.602. The zero-order valence-electron chi connectivity index (χ0n) is 17.7. The van der Waals surface area contributed by atoms with Gasteiger partial charge in [-0.3, -0.25) is 14.4 Å². The molecule has 1 saturated heterocycles. The van der Waals surface area contributed by atoms with Crippen molar-refractivity contribution in [2.75, 3.05) is 16.8 Å². The summed E-state index contributed by atoms with van der Waals surface area (Å²) in [4.78, 5) is 39.7. The fourth-order valence-electron chi connectivity index (χ4n) is 3.79. The first-order valence-electron chi connectivity index (χ1n) is 10.7. The van der Waals surface area contributed by atoms with E-state index in [2.05, 4.69) is 10.6 Å². The van der Waals surface area contributed by atoms with Gasteiger partial charge in [-0.2, -0.15) is 0 Å². The Morgan fingerprint density at radius 1 is 0.906 bits per heavy atom. The monoisotopic (exact) mass is 427 g/mol. The molecule has 0 spiro atoms. The minimum absolute atomic E-state index is 0.0885. The van der Waals surface area contributed by atoms with Crippen LogP contribution in [0.2, 0.25) is 0 Å². The number of carbonyl (C=O) groups excluding carboxylic acids is 3. The van der Waals surface area contributed by atoms with Gasteiger partial charge >= 0.3 is 0 Å². The highest BCUT2D eigenvalue weighted by Crippen LogP contribution is 2.24. The van der Waals surface area contributed by atoms with Crippen LogP contribution in [0.4, 0.5) is 11.4 Å². The standard InChI is InChI=1S/C26H25N3O3/c30-24-15-8-16-29(24)22-14-7-13-21(18-22)27-26(32)23(17-19-9-3-1-4-10-19)28-25(31)20-11-5-2-6-12-20/h1-7,9-14,18,23H,8,15-17H2,(H,27,32)(H,28,31). The zero-order valence-corrected chi connectivity index (χ0v) is 17.7. The lowest BCUT2D eigenvalue weighted by Crippen LogP contribution is -2.45. The molecular formula is C26H25N3O3. The van der Waals surface area contributed by atoms with Crippen molar-refractivity contribution in [1.82, 2.24) is 5.32 Å². The molecule has 32 heavy (non-hydrogen) atoms. The van der Waals surface area contributed by atoms with Gasteiger partial charge in [-0.1, -0.05) is 54.6 Å². The summed E-state index contributed by atoms with van der Waals surface area (Å²) in [6.45, 7) is 0.681. The van der Waals surface area contributed by atoms with Gasteiger partial charge in [0.1, 0.15) is 6.04 Å². The molecule has 6 heteroatoms. The Kier molecular flexibility index (Phi) is 6.60. The molecule has 1 unspecified atom stereocenters. The third-order valence-corrected chi connectivity index (χ3v) is 5.44. The second kappa shape index (κ2) is 9.92. The molecule has 1 fully saturated rings. The third-order valence-electron chi connectivity index (χ3n) is 5.44. The van der Waals surface area contributed by atoms with Crippen molar-refractivity contribution in [2.45, 2.75) is 25.3 Å². The normalized spacial score (nSPS) is 14.1. The molecule has 3 aromatic carbocycles. The summed E-state index contributed by atoms with van der Waals surface area (Å²) in [5.74, 6) is -0.535. The van der Waals surface area contributed by atoms with E-state index in [9.17, 15) is 14.4 Å². The molecule has 3 amide bonds. The maximum atomic E-state index is 13.2. The Morgan fingerprint density at radius 2 is 1.62 bits per heavy atom. The Balaban J connectivity index is 1.52. The molecule has 1 aliphatic rings. The molecule has 0 bridgehead atoms. The molecule has 3 aromatic rings. The van der Waals surface area contributed by atoms with E-state index in [0.717, 1.165) is 17.7 Å². The number of nitrogens with one attached hydrogen (secondary N) is 2. The summed E-state index contributed by atoms with van der Waals surface area (Å²) < 4.78 is 0. The van der Waals surface area contributed by atoms with Gasteiger partial charge in [-0.15, -0.1) is 0 Å². The highest BCUT2D eigenvalue weighted by Gasteiger charge is 2.24. The molecule has 0 saturated carbocycles. The number of carbonyl (C=O) groups is 3. The first-order valence-corrected chi connectivity index (χ1v) is 10.7. The number of rotatable bonds is 7. The first-order chi connectivity index (χ1) is 15.6. The Morgan fingerprint density at radius 3 is 2.31 bits per heavy atom. The van der Waals surface area contributed by atoms with Gasteiger partial charge in [-0.25, -0.2) is 0 Å². The molecule has 162 valence electrons. The van der Waals surface area contributed by atoms with E-state index in [4.69, 9.17) is 0 Å². The third kappa shape index (κ3) is 5.21. The van der Waals surface area contributed by atoms with Gasteiger partial charge in [0.25, 0.3) is 5.91 Å². The largest absolute Gasteiger partial charge is 0.340 e. The predicted molar refractivity (Wildman–Crippen MR) is 125 cm³/mol. The topological polar surface area (TPSA) is 78.5 Å². The summed E-state index contributed by atoms with van der Waals surface area (Å²) in [6, 6.07) is 24.9. The maximum Gasteiger partial charge on any atom is 0.251 e. The van der Waals surface area contributed by atoms with Gasteiger partial charge in [0, 0.05) is 36.3 Å². The van der Waals surface area contributed by atoms with Crippen LogP contribution < -0.4 is 15.5 Å². The number of hydrogen-bond donors (Lipinski definition) is 2. The average Bonchev–Trinajstić information content (AvgIpc) is 3.26. The van der Waals surface area contributed by atoms with E-state index in [0.29, 0.717) is 30.6 Å². The average molecular weight is 428 g/mol. The summed E-state index contributed by atoms with van der Waals surface area (Å²) in [6.07, 6.45) is 1.73. The van der Waals surface area contributed by atoms with Gasteiger partial charge in [0.15, 0.2) is 0 Å². The van der Waals surface area contributed by atoms with Crippen LogP contribution in [0.3, 0.4) is 0 Å². The molecule has 0 aliphatic carbocycles. The number of nitrogens with zero attached hydrogens (tertiary/aromatic N) is 1. The number of hydrogen-bond acceptors (Lipinski definition) is 3. The second-order valence-electron chi connectivity index (χ2n) is 7.77. The van der Waals surface area contributed by atoms with Crippen molar-refractivity contribution < 1.29 is 14.4 Å². The van der Waals surface area contributed by atoms with Crippen LogP contribution in [0.1, 0.15) is 28.8 Å². The molecule has 1 atom stereocenters. The smallest absolute Gasteiger partial charge is 0.251 e. The number of benzene rings is 3. The highest BCUT2D eigenvalue weighted by molar-refractivity contribution is 6.02. The van der Waals surface area contributed by atoms with Gasteiger partial charge in [-0.05, 0) is 42.3 Å². The van der Waals surface area contributed by atoms with Crippen molar-refractivity contribution in [2.24, 2.45) is 0 Å². The van der Waals surface area contributed by atoms with Crippen molar-refractivity contribution in [3.63, 3.8) is 0 Å². The molecule has 0 radical (unpaired) electrons. The molecule has 6 nitrogen and oxygen atoms in total. The Bertz CT molecular complexity index is 1100. The first kappa shape index (κ1) is 21.3. The van der Waals surface area contributed by atoms with E-state index < -0.39 is 6.04 Å². The molecule has 0 aromatic heterocycles. The van der Waals surface area contributed by atoms with Gasteiger partial charge in [0.05, 0.1) is 0 Å². The lowest BCUT2D eigenvalue weighted by atomic mass is 10.0. The Labute approximate surface area is 187 Å².